The monoisotopic (exact) mass is 358 g/mol. The molecule has 0 atom stereocenters. The zero-order valence-electron chi connectivity index (χ0n) is 11.6. The molecule has 2 aromatic carbocycles. The number of ether oxygens (including phenoxy) is 1. The Kier molecular flexibility index (Phi) is 3.77. The maximum absolute atomic E-state index is 12.2. The van der Waals surface area contributed by atoms with Crippen LogP contribution in [0.4, 0.5) is 0 Å². The molecule has 22 heavy (non-hydrogen) atoms. The van der Waals surface area contributed by atoms with Crippen LogP contribution in [0.25, 0.3) is 0 Å². The Morgan fingerprint density at radius 1 is 1.09 bits per heavy atom. The van der Waals surface area contributed by atoms with Gasteiger partial charge in [0.15, 0.2) is 0 Å². The van der Waals surface area contributed by atoms with Crippen molar-refractivity contribution in [3.63, 3.8) is 0 Å². The van der Waals surface area contributed by atoms with Gasteiger partial charge in [0.25, 0.3) is 11.8 Å². The number of hydrogen-bond acceptors (Lipinski definition) is 4. The third-order valence-electron chi connectivity index (χ3n) is 3.27. The van der Waals surface area contributed by atoms with Crippen LogP contribution in [0, 0.1) is 0 Å². The highest BCUT2D eigenvalue weighted by Gasteiger charge is 2.35. The van der Waals surface area contributed by atoms with Crippen LogP contribution in [-0.4, -0.2) is 30.1 Å². The number of rotatable bonds is 3. The molecule has 110 valence electrons. The molecule has 2 aromatic rings. The molecular formula is C16H11BrN2O3. The fourth-order valence-electron chi connectivity index (χ4n) is 2.17. The van der Waals surface area contributed by atoms with Gasteiger partial charge in [0.1, 0.15) is 5.75 Å². The topological polar surface area (TPSA) is 59.0 Å². The molecule has 1 heterocycles. The van der Waals surface area contributed by atoms with E-state index >= 15 is 0 Å². The molecule has 0 fully saturated rings. The van der Waals surface area contributed by atoms with Crippen molar-refractivity contribution >= 4 is 34.0 Å². The average molecular weight is 359 g/mol. The molecule has 0 N–H and O–H groups in total. The van der Waals surface area contributed by atoms with Gasteiger partial charge in [-0.25, -0.2) is 0 Å². The minimum Gasteiger partial charge on any atom is -0.496 e. The highest BCUT2D eigenvalue weighted by molar-refractivity contribution is 9.10. The number of carbonyl (C=O) groups is 2. The third-order valence-corrected chi connectivity index (χ3v) is 3.89. The van der Waals surface area contributed by atoms with Gasteiger partial charge < -0.3 is 4.74 Å². The van der Waals surface area contributed by atoms with Crippen molar-refractivity contribution in [3.05, 3.63) is 63.6 Å². The summed E-state index contributed by atoms with van der Waals surface area (Å²) >= 11 is 3.37. The quantitative estimate of drug-likeness (QED) is 0.625. The number of fused-ring (bicyclic) bond motifs is 1. The third kappa shape index (κ3) is 2.42. The Balaban J connectivity index is 1.87. The van der Waals surface area contributed by atoms with Gasteiger partial charge in [-0.2, -0.15) is 10.1 Å². The van der Waals surface area contributed by atoms with Crippen LogP contribution in [0.2, 0.25) is 0 Å². The van der Waals surface area contributed by atoms with Gasteiger partial charge in [0.05, 0.1) is 28.9 Å². The van der Waals surface area contributed by atoms with Crippen molar-refractivity contribution in [1.82, 2.24) is 5.01 Å². The van der Waals surface area contributed by atoms with Crippen LogP contribution in [0.15, 0.2) is 52.0 Å². The fraction of sp³-hybridized carbons (Fsp3) is 0.0625. The molecule has 0 aromatic heterocycles. The van der Waals surface area contributed by atoms with E-state index in [9.17, 15) is 9.59 Å². The lowest BCUT2D eigenvalue weighted by molar-refractivity contribution is 0.0660. The molecule has 0 unspecified atom stereocenters. The van der Waals surface area contributed by atoms with Crippen molar-refractivity contribution in [2.24, 2.45) is 5.10 Å². The summed E-state index contributed by atoms with van der Waals surface area (Å²) < 4.78 is 5.91. The average Bonchev–Trinajstić information content (AvgIpc) is 2.77. The van der Waals surface area contributed by atoms with Crippen molar-refractivity contribution in [1.29, 1.82) is 0 Å². The van der Waals surface area contributed by atoms with Crippen molar-refractivity contribution in [3.8, 4) is 5.75 Å². The lowest BCUT2D eigenvalue weighted by atomic mass is 10.1. The number of carbonyl (C=O) groups excluding carboxylic acids is 2. The normalized spacial score (nSPS) is 13.8. The molecule has 1 aliphatic rings. The maximum Gasteiger partial charge on any atom is 0.282 e. The molecule has 0 bridgehead atoms. The molecule has 2 amide bonds. The summed E-state index contributed by atoms with van der Waals surface area (Å²) in [7, 11) is 1.58. The Bertz CT molecular complexity index is 767. The van der Waals surface area contributed by atoms with Gasteiger partial charge in [-0.1, -0.05) is 12.1 Å². The minimum atomic E-state index is -0.413. The van der Waals surface area contributed by atoms with Gasteiger partial charge >= 0.3 is 0 Å². The second kappa shape index (κ2) is 5.73. The summed E-state index contributed by atoms with van der Waals surface area (Å²) in [5.41, 5.74) is 1.49. The molecule has 0 radical (unpaired) electrons. The van der Waals surface area contributed by atoms with Crippen LogP contribution >= 0.6 is 15.9 Å². The summed E-state index contributed by atoms with van der Waals surface area (Å²) in [5, 5.41) is 4.89. The summed E-state index contributed by atoms with van der Waals surface area (Å²) in [6, 6.07) is 12.0. The van der Waals surface area contributed by atoms with E-state index in [2.05, 4.69) is 21.0 Å². The molecule has 1 aliphatic heterocycles. The Labute approximate surface area is 135 Å². The molecule has 3 rings (SSSR count). The van der Waals surface area contributed by atoms with E-state index in [1.54, 1.807) is 49.6 Å². The lowest BCUT2D eigenvalue weighted by Crippen LogP contribution is -2.23. The number of benzene rings is 2. The number of nitrogens with zero attached hydrogens (tertiary/aromatic N) is 2. The van der Waals surface area contributed by atoms with E-state index < -0.39 is 11.8 Å². The van der Waals surface area contributed by atoms with E-state index in [1.165, 1.54) is 6.21 Å². The van der Waals surface area contributed by atoms with E-state index in [0.717, 1.165) is 15.0 Å². The summed E-state index contributed by atoms with van der Waals surface area (Å²) in [6.45, 7) is 0. The number of hydrazone groups is 1. The molecule has 0 saturated heterocycles. The summed E-state index contributed by atoms with van der Waals surface area (Å²) in [6.07, 6.45) is 1.46. The van der Waals surface area contributed by atoms with Gasteiger partial charge in [-0.15, -0.1) is 0 Å². The molecular weight excluding hydrogens is 348 g/mol. The van der Waals surface area contributed by atoms with Crippen LogP contribution < -0.4 is 4.74 Å². The summed E-state index contributed by atoms with van der Waals surface area (Å²) in [5.74, 6) is -0.133. The Morgan fingerprint density at radius 2 is 1.73 bits per heavy atom. The first-order chi connectivity index (χ1) is 10.6. The van der Waals surface area contributed by atoms with Crippen molar-refractivity contribution in [2.75, 3.05) is 7.11 Å². The van der Waals surface area contributed by atoms with Gasteiger partial charge in [-0.05, 0) is 51.8 Å². The summed E-state index contributed by atoms with van der Waals surface area (Å²) in [4.78, 5) is 24.3. The molecule has 0 saturated carbocycles. The van der Waals surface area contributed by atoms with Crippen LogP contribution in [0.5, 0.6) is 5.75 Å². The highest BCUT2D eigenvalue weighted by Crippen LogP contribution is 2.25. The first-order valence-electron chi connectivity index (χ1n) is 6.47. The molecule has 0 spiro atoms. The van der Waals surface area contributed by atoms with E-state index in [1.807, 2.05) is 0 Å². The van der Waals surface area contributed by atoms with Gasteiger partial charge in [0.2, 0.25) is 0 Å². The predicted molar refractivity (Wildman–Crippen MR) is 85.2 cm³/mol. The molecule has 5 nitrogen and oxygen atoms in total. The Hall–Kier alpha value is -2.47. The predicted octanol–water partition coefficient (Wildman–Crippen LogP) is 3.09. The smallest absolute Gasteiger partial charge is 0.282 e. The Morgan fingerprint density at radius 3 is 2.27 bits per heavy atom. The van der Waals surface area contributed by atoms with Crippen molar-refractivity contribution in [2.45, 2.75) is 0 Å². The number of amides is 2. The first-order valence-corrected chi connectivity index (χ1v) is 7.26. The highest BCUT2D eigenvalue weighted by atomic mass is 79.9. The van der Waals surface area contributed by atoms with Crippen LogP contribution in [0.3, 0.4) is 0 Å². The number of hydrogen-bond donors (Lipinski definition) is 0. The number of methoxy groups -OCH3 is 1. The lowest BCUT2D eigenvalue weighted by Gasteiger charge is -2.06. The van der Waals surface area contributed by atoms with E-state index in [4.69, 9.17) is 4.74 Å². The second-order valence-corrected chi connectivity index (χ2v) is 5.46. The van der Waals surface area contributed by atoms with E-state index in [-0.39, 0.29) is 0 Å². The van der Waals surface area contributed by atoms with E-state index in [0.29, 0.717) is 16.9 Å². The fourth-order valence-corrected chi connectivity index (χ4v) is 2.73. The van der Waals surface area contributed by atoms with Crippen molar-refractivity contribution < 1.29 is 14.3 Å². The maximum atomic E-state index is 12.2. The SMILES string of the molecule is COc1ccc(/C=N\N2C(=O)c3ccccc3C2=O)cc1Br. The van der Waals surface area contributed by atoms with Gasteiger partial charge in [-0.3, -0.25) is 9.59 Å². The molecule has 0 aliphatic carbocycles. The largest absolute Gasteiger partial charge is 0.496 e. The zero-order valence-corrected chi connectivity index (χ0v) is 13.2. The van der Waals surface area contributed by atoms with Crippen LogP contribution in [-0.2, 0) is 0 Å². The second-order valence-electron chi connectivity index (χ2n) is 4.61. The number of imide groups is 1. The first kappa shape index (κ1) is 14.5. The number of halogens is 1. The van der Waals surface area contributed by atoms with Gasteiger partial charge in [0, 0.05) is 0 Å². The van der Waals surface area contributed by atoms with Crippen LogP contribution in [0.1, 0.15) is 26.3 Å². The minimum absolute atomic E-state index is 0.376. The standard InChI is InChI=1S/C16H11BrN2O3/c1-22-14-7-6-10(8-13(14)17)9-18-19-15(20)11-4-2-3-5-12(11)16(19)21/h2-9H,1H3/b18-9-. The molecule has 6 heteroatoms. The zero-order chi connectivity index (χ0) is 15.7.